The number of nitrogens with zero attached hydrogens (tertiary/aromatic N) is 2. The number of hydrogen-bond donors (Lipinski definition) is 2. The number of aromatic nitrogens is 2. The van der Waals surface area contributed by atoms with Crippen molar-refractivity contribution in [3.8, 4) is 11.5 Å². The normalized spacial score (nSPS) is 10.2. The number of nitrogens with one attached hydrogen (secondary N) is 2. The first-order valence-corrected chi connectivity index (χ1v) is 8.45. The number of thiocarbonyl (C=S) groups is 1. The highest BCUT2D eigenvalue weighted by Gasteiger charge is 2.06. The van der Waals surface area contributed by atoms with Crippen molar-refractivity contribution in [2.75, 3.05) is 24.9 Å². The number of ether oxygens (including phenoxy) is 2. The molecule has 3 aromatic rings. The van der Waals surface area contributed by atoms with E-state index in [0.29, 0.717) is 23.2 Å². The van der Waals surface area contributed by atoms with Gasteiger partial charge in [-0.25, -0.2) is 0 Å². The zero-order valence-electron chi connectivity index (χ0n) is 14.6. The lowest BCUT2D eigenvalue weighted by Crippen LogP contribution is -2.19. The maximum Gasteiger partial charge on any atom is 0.175 e. The summed E-state index contributed by atoms with van der Waals surface area (Å²) in [6.45, 7) is 0.707. The molecule has 7 heteroatoms. The molecular formula is C19H20N4O2S. The van der Waals surface area contributed by atoms with E-state index >= 15 is 0 Å². The predicted molar refractivity (Wildman–Crippen MR) is 107 cm³/mol. The second kappa shape index (κ2) is 8.35. The topological polar surface area (TPSA) is 60.3 Å². The van der Waals surface area contributed by atoms with Gasteiger partial charge in [0.05, 0.1) is 20.8 Å². The number of methoxy groups -OCH3 is 2. The lowest BCUT2D eigenvalue weighted by molar-refractivity contribution is 0.355. The Labute approximate surface area is 157 Å². The smallest absolute Gasteiger partial charge is 0.175 e. The molecule has 0 fully saturated rings. The Kier molecular flexibility index (Phi) is 5.70. The average Bonchev–Trinajstić information content (AvgIpc) is 3.14. The number of benzene rings is 2. The molecule has 0 saturated heterocycles. The Balaban J connectivity index is 1.64. The molecule has 0 spiro atoms. The van der Waals surface area contributed by atoms with Crippen molar-refractivity contribution in [1.29, 1.82) is 0 Å². The van der Waals surface area contributed by atoms with Gasteiger partial charge in [-0.15, -0.1) is 0 Å². The van der Waals surface area contributed by atoms with Gasteiger partial charge in [0.25, 0.3) is 0 Å². The van der Waals surface area contributed by atoms with Crippen molar-refractivity contribution < 1.29 is 9.47 Å². The van der Waals surface area contributed by atoms with E-state index in [1.165, 1.54) is 0 Å². The Morgan fingerprint density at radius 3 is 2.46 bits per heavy atom. The predicted octanol–water partition coefficient (Wildman–Crippen LogP) is 3.76. The van der Waals surface area contributed by atoms with Crippen LogP contribution in [-0.2, 0) is 6.54 Å². The molecule has 0 saturated carbocycles. The van der Waals surface area contributed by atoms with Crippen LogP contribution in [0.3, 0.4) is 0 Å². The summed E-state index contributed by atoms with van der Waals surface area (Å²) in [6, 6.07) is 15.5. The summed E-state index contributed by atoms with van der Waals surface area (Å²) in [5, 5.41) is 11.1. The van der Waals surface area contributed by atoms with E-state index in [0.717, 1.165) is 16.9 Å². The summed E-state index contributed by atoms with van der Waals surface area (Å²) in [6.07, 6.45) is 3.70. The van der Waals surface area contributed by atoms with Crippen LogP contribution in [0.25, 0.3) is 0 Å². The molecule has 1 aromatic heterocycles. The van der Waals surface area contributed by atoms with E-state index in [-0.39, 0.29) is 0 Å². The van der Waals surface area contributed by atoms with Gasteiger partial charge >= 0.3 is 0 Å². The van der Waals surface area contributed by atoms with Gasteiger partial charge in [-0.05, 0) is 48.1 Å². The standard InChI is InChI=1S/C19H20N4O2S/c1-24-17-8-7-16(12-18(17)25-2)22-19(26)21-15-6-3-5-14(11-15)13-23-10-4-9-20-23/h3-12H,13H2,1-2H3,(H2,21,22,26). The first-order chi connectivity index (χ1) is 12.7. The molecule has 2 N–H and O–H groups in total. The third-order valence-electron chi connectivity index (χ3n) is 3.73. The molecule has 0 aliphatic carbocycles. The summed E-state index contributed by atoms with van der Waals surface area (Å²) >= 11 is 5.41. The van der Waals surface area contributed by atoms with E-state index in [2.05, 4.69) is 21.8 Å². The van der Waals surface area contributed by atoms with Crippen molar-refractivity contribution in [3.05, 3.63) is 66.5 Å². The fourth-order valence-electron chi connectivity index (χ4n) is 2.54. The molecule has 0 amide bonds. The van der Waals surface area contributed by atoms with Crippen molar-refractivity contribution in [3.63, 3.8) is 0 Å². The molecule has 1 heterocycles. The third-order valence-corrected chi connectivity index (χ3v) is 3.93. The third kappa shape index (κ3) is 4.52. The molecule has 6 nitrogen and oxygen atoms in total. The van der Waals surface area contributed by atoms with Crippen LogP contribution in [-0.4, -0.2) is 29.1 Å². The number of hydrogen-bond acceptors (Lipinski definition) is 4. The Morgan fingerprint density at radius 2 is 1.77 bits per heavy atom. The summed E-state index contributed by atoms with van der Waals surface area (Å²) in [5.41, 5.74) is 2.85. The van der Waals surface area contributed by atoms with Gasteiger partial charge in [0.1, 0.15) is 0 Å². The maximum atomic E-state index is 5.41. The minimum atomic E-state index is 0.494. The van der Waals surface area contributed by atoms with E-state index < -0.39 is 0 Å². The molecule has 0 atom stereocenters. The second-order valence-corrected chi connectivity index (χ2v) is 5.96. The molecule has 0 aliphatic rings. The number of rotatable bonds is 6. The Morgan fingerprint density at radius 1 is 1.00 bits per heavy atom. The monoisotopic (exact) mass is 368 g/mol. The molecule has 0 aliphatic heterocycles. The largest absolute Gasteiger partial charge is 0.493 e. The summed E-state index contributed by atoms with van der Waals surface area (Å²) in [5.74, 6) is 1.31. The fraction of sp³-hybridized carbons (Fsp3) is 0.158. The SMILES string of the molecule is COc1ccc(NC(=S)Nc2cccc(Cn3cccn3)c2)cc1OC. The van der Waals surface area contributed by atoms with E-state index in [1.807, 2.05) is 53.3 Å². The first-order valence-electron chi connectivity index (χ1n) is 8.04. The van der Waals surface area contributed by atoms with Crippen LogP contribution in [0.4, 0.5) is 11.4 Å². The van der Waals surface area contributed by atoms with Crippen LogP contribution in [0, 0.1) is 0 Å². The minimum Gasteiger partial charge on any atom is -0.493 e. The molecule has 2 aromatic carbocycles. The molecule has 0 radical (unpaired) electrons. The zero-order chi connectivity index (χ0) is 18.4. The van der Waals surface area contributed by atoms with Gasteiger partial charge in [0.2, 0.25) is 0 Å². The van der Waals surface area contributed by atoms with Gasteiger partial charge in [-0.3, -0.25) is 4.68 Å². The lowest BCUT2D eigenvalue weighted by Gasteiger charge is -2.13. The Bertz CT molecular complexity index is 881. The highest BCUT2D eigenvalue weighted by atomic mass is 32.1. The quantitative estimate of drug-likeness (QED) is 0.646. The second-order valence-electron chi connectivity index (χ2n) is 5.55. The molecule has 26 heavy (non-hydrogen) atoms. The zero-order valence-corrected chi connectivity index (χ0v) is 15.4. The van der Waals surface area contributed by atoms with Crippen LogP contribution in [0.15, 0.2) is 60.9 Å². The van der Waals surface area contributed by atoms with Crippen molar-refractivity contribution in [2.45, 2.75) is 6.54 Å². The molecule has 0 unspecified atom stereocenters. The summed E-state index contributed by atoms with van der Waals surface area (Å²) in [7, 11) is 3.21. The van der Waals surface area contributed by atoms with Crippen LogP contribution in [0.5, 0.6) is 11.5 Å². The van der Waals surface area contributed by atoms with Crippen molar-refractivity contribution in [1.82, 2.24) is 9.78 Å². The average molecular weight is 368 g/mol. The van der Waals surface area contributed by atoms with E-state index in [1.54, 1.807) is 20.4 Å². The number of anilines is 2. The van der Waals surface area contributed by atoms with Crippen LogP contribution in [0.2, 0.25) is 0 Å². The minimum absolute atomic E-state index is 0.494. The fourth-order valence-corrected chi connectivity index (χ4v) is 2.77. The highest BCUT2D eigenvalue weighted by molar-refractivity contribution is 7.80. The highest BCUT2D eigenvalue weighted by Crippen LogP contribution is 2.29. The molecule has 0 bridgehead atoms. The van der Waals surface area contributed by atoms with Gasteiger partial charge in [0, 0.05) is 29.8 Å². The van der Waals surface area contributed by atoms with E-state index in [9.17, 15) is 0 Å². The van der Waals surface area contributed by atoms with E-state index in [4.69, 9.17) is 21.7 Å². The van der Waals surface area contributed by atoms with Gasteiger partial charge < -0.3 is 20.1 Å². The molecule has 3 rings (SSSR count). The first kappa shape index (κ1) is 17.8. The van der Waals surface area contributed by atoms with Crippen LogP contribution in [0.1, 0.15) is 5.56 Å². The lowest BCUT2D eigenvalue weighted by atomic mass is 10.2. The summed E-state index contributed by atoms with van der Waals surface area (Å²) in [4.78, 5) is 0. The maximum absolute atomic E-state index is 5.41. The summed E-state index contributed by atoms with van der Waals surface area (Å²) < 4.78 is 12.4. The van der Waals surface area contributed by atoms with Crippen LogP contribution < -0.4 is 20.1 Å². The molecule has 134 valence electrons. The van der Waals surface area contributed by atoms with Crippen molar-refractivity contribution >= 4 is 28.7 Å². The van der Waals surface area contributed by atoms with Gasteiger partial charge in [-0.2, -0.15) is 5.10 Å². The van der Waals surface area contributed by atoms with Gasteiger partial charge in [-0.1, -0.05) is 12.1 Å². The molecular weight excluding hydrogens is 348 g/mol. The van der Waals surface area contributed by atoms with Gasteiger partial charge in [0.15, 0.2) is 16.6 Å². The van der Waals surface area contributed by atoms with Crippen molar-refractivity contribution in [2.24, 2.45) is 0 Å². The Hall–Kier alpha value is -3.06. The van der Waals surface area contributed by atoms with Crippen LogP contribution >= 0.6 is 12.2 Å².